The van der Waals surface area contributed by atoms with Gasteiger partial charge in [0.15, 0.2) is 0 Å². The maximum absolute atomic E-state index is 2.65. The van der Waals surface area contributed by atoms with Crippen molar-refractivity contribution >= 4 is 6.08 Å². The van der Waals surface area contributed by atoms with Gasteiger partial charge in [-0.15, -0.1) is 0 Å². The molecule has 0 radical (unpaired) electrons. The zero-order chi connectivity index (χ0) is 19.9. The van der Waals surface area contributed by atoms with Gasteiger partial charge in [-0.1, -0.05) is 103 Å². The summed E-state index contributed by atoms with van der Waals surface area (Å²) >= 11 is 0. The lowest BCUT2D eigenvalue weighted by molar-refractivity contribution is 0.0675. The number of piperazine rings is 1. The summed E-state index contributed by atoms with van der Waals surface area (Å²) in [6, 6.07) is 32.4. The van der Waals surface area contributed by atoms with Crippen LogP contribution in [0.25, 0.3) is 6.08 Å². The minimum atomic E-state index is -0.103. The third-order valence-corrected chi connectivity index (χ3v) is 6.15. The molecule has 1 saturated heterocycles. The lowest BCUT2D eigenvalue weighted by atomic mass is 9.82. The molecular formula is C27H30N2. The number of hydrogen-bond acceptors (Lipinski definition) is 2. The summed E-state index contributed by atoms with van der Waals surface area (Å²) in [4.78, 5) is 5.20. The topological polar surface area (TPSA) is 6.48 Å². The fraction of sp³-hybridized carbons (Fsp3) is 0.259. The molecule has 1 fully saturated rings. The molecule has 0 spiro atoms. The summed E-state index contributed by atoms with van der Waals surface area (Å²) < 4.78 is 0. The molecule has 0 aromatic heterocycles. The van der Waals surface area contributed by atoms with E-state index < -0.39 is 0 Å². The largest absolute Gasteiger partial charge is 0.297 e. The van der Waals surface area contributed by atoms with E-state index in [0.29, 0.717) is 0 Å². The highest BCUT2D eigenvalue weighted by Gasteiger charge is 2.36. The molecule has 1 aliphatic heterocycles. The molecule has 1 aliphatic rings. The van der Waals surface area contributed by atoms with Gasteiger partial charge in [0.2, 0.25) is 0 Å². The average Bonchev–Trinajstić information content (AvgIpc) is 2.81. The van der Waals surface area contributed by atoms with Crippen LogP contribution in [0.4, 0.5) is 0 Å². The van der Waals surface area contributed by atoms with Crippen LogP contribution in [0.15, 0.2) is 97.1 Å². The summed E-state index contributed by atoms with van der Waals surface area (Å²) in [5.41, 5.74) is 3.90. The zero-order valence-corrected chi connectivity index (χ0v) is 17.2. The first-order valence-electron chi connectivity index (χ1n) is 10.6. The summed E-state index contributed by atoms with van der Waals surface area (Å²) in [7, 11) is 0. The molecule has 4 rings (SSSR count). The minimum absolute atomic E-state index is 0.103. The number of rotatable bonds is 6. The van der Waals surface area contributed by atoms with Crippen molar-refractivity contribution in [2.75, 3.05) is 32.7 Å². The molecule has 148 valence electrons. The molecule has 1 heterocycles. The highest BCUT2D eigenvalue weighted by molar-refractivity contribution is 5.48. The molecule has 0 N–H and O–H groups in total. The minimum Gasteiger partial charge on any atom is -0.297 e. The Hall–Kier alpha value is -2.68. The Labute approximate surface area is 175 Å². The highest BCUT2D eigenvalue weighted by Crippen LogP contribution is 2.36. The Bertz CT molecular complexity index is 856. The fourth-order valence-corrected chi connectivity index (χ4v) is 4.34. The van der Waals surface area contributed by atoms with Crippen molar-refractivity contribution in [3.63, 3.8) is 0 Å². The van der Waals surface area contributed by atoms with Gasteiger partial charge in [0, 0.05) is 32.7 Å². The first-order chi connectivity index (χ1) is 14.3. The predicted molar refractivity (Wildman–Crippen MR) is 123 cm³/mol. The van der Waals surface area contributed by atoms with E-state index in [0.717, 1.165) is 32.7 Å². The number of nitrogens with zero attached hydrogens (tertiary/aromatic N) is 2. The maximum atomic E-state index is 2.65. The van der Waals surface area contributed by atoms with Gasteiger partial charge in [-0.25, -0.2) is 0 Å². The van der Waals surface area contributed by atoms with E-state index >= 15 is 0 Å². The Kier molecular flexibility index (Phi) is 6.24. The molecule has 3 aromatic carbocycles. The molecule has 29 heavy (non-hydrogen) atoms. The second-order valence-electron chi connectivity index (χ2n) is 7.90. The summed E-state index contributed by atoms with van der Waals surface area (Å²) in [6.45, 7) is 7.71. The Morgan fingerprint density at radius 3 is 1.69 bits per heavy atom. The first kappa shape index (κ1) is 19.6. The van der Waals surface area contributed by atoms with Crippen LogP contribution >= 0.6 is 0 Å². The average molecular weight is 383 g/mol. The van der Waals surface area contributed by atoms with Crippen molar-refractivity contribution < 1.29 is 0 Å². The molecule has 0 saturated carbocycles. The lowest BCUT2D eigenvalue weighted by Crippen LogP contribution is -2.54. The second-order valence-corrected chi connectivity index (χ2v) is 7.90. The van der Waals surface area contributed by atoms with E-state index in [4.69, 9.17) is 0 Å². The Balaban J connectivity index is 1.45. The van der Waals surface area contributed by atoms with Crippen molar-refractivity contribution in [2.45, 2.75) is 12.5 Å². The van der Waals surface area contributed by atoms with Crippen molar-refractivity contribution in [3.05, 3.63) is 114 Å². The molecule has 0 amide bonds. The van der Waals surface area contributed by atoms with Crippen LogP contribution in [0.5, 0.6) is 0 Å². The zero-order valence-electron chi connectivity index (χ0n) is 17.2. The molecule has 0 aliphatic carbocycles. The fourth-order valence-electron chi connectivity index (χ4n) is 4.34. The molecule has 2 heteroatoms. The first-order valence-corrected chi connectivity index (χ1v) is 10.6. The van der Waals surface area contributed by atoms with E-state index in [1.165, 1.54) is 16.7 Å². The van der Waals surface area contributed by atoms with Gasteiger partial charge in [-0.2, -0.15) is 0 Å². The molecule has 3 aromatic rings. The van der Waals surface area contributed by atoms with Crippen LogP contribution in [0.3, 0.4) is 0 Å². The van der Waals surface area contributed by atoms with Crippen molar-refractivity contribution in [2.24, 2.45) is 0 Å². The van der Waals surface area contributed by atoms with Gasteiger partial charge in [0.25, 0.3) is 0 Å². The SMILES string of the molecule is CC(c1ccccc1)(c1ccccc1)N1CCN(CC=Cc2ccccc2)CC1. The number of benzene rings is 3. The van der Waals surface area contributed by atoms with Crippen LogP contribution < -0.4 is 0 Å². The van der Waals surface area contributed by atoms with Gasteiger partial charge >= 0.3 is 0 Å². The summed E-state index contributed by atoms with van der Waals surface area (Å²) in [6.07, 6.45) is 4.52. The standard InChI is InChI=1S/C27H30N2/c1-27(25-15-7-3-8-16-25,26-17-9-4-10-18-26)29-22-20-28(21-23-29)19-11-14-24-12-5-2-6-13-24/h2-18H,19-23H2,1H3. The Morgan fingerprint density at radius 2 is 1.17 bits per heavy atom. The van der Waals surface area contributed by atoms with E-state index in [1.54, 1.807) is 0 Å². The van der Waals surface area contributed by atoms with Gasteiger partial charge in [0.1, 0.15) is 0 Å². The van der Waals surface area contributed by atoms with Crippen molar-refractivity contribution in [3.8, 4) is 0 Å². The second kappa shape index (κ2) is 9.21. The molecule has 0 unspecified atom stereocenters. The smallest absolute Gasteiger partial charge is 0.0687 e. The molecule has 0 atom stereocenters. The van der Waals surface area contributed by atoms with Crippen LogP contribution in [0.2, 0.25) is 0 Å². The lowest BCUT2D eigenvalue weighted by Gasteiger charge is -2.46. The highest BCUT2D eigenvalue weighted by atomic mass is 15.3. The third-order valence-electron chi connectivity index (χ3n) is 6.15. The molecule has 2 nitrogen and oxygen atoms in total. The normalized spacial score (nSPS) is 16.3. The quantitative estimate of drug-likeness (QED) is 0.572. The number of hydrogen-bond donors (Lipinski definition) is 0. The van der Waals surface area contributed by atoms with Crippen LogP contribution in [0, 0.1) is 0 Å². The van der Waals surface area contributed by atoms with Crippen LogP contribution in [-0.2, 0) is 5.54 Å². The van der Waals surface area contributed by atoms with E-state index in [1.807, 2.05) is 0 Å². The van der Waals surface area contributed by atoms with Gasteiger partial charge in [0.05, 0.1) is 5.54 Å². The molecular weight excluding hydrogens is 352 g/mol. The van der Waals surface area contributed by atoms with Gasteiger partial charge in [-0.3, -0.25) is 9.80 Å². The van der Waals surface area contributed by atoms with E-state index in [9.17, 15) is 0 Å². The monoisotopic (exact) mass is 382 g/mol. The van der Waals surface area contributed by atoms with Crippen molar-refractivity contribution in [1.29, 1.82) is 0 Å². The molecule has 0 bridgehead atoms. The Morgan fingerprint density at radius 1 is 0.690 bits per heavy atom. The van der Waals surface area contributed by atoms with Gasteiger partial charge in [-0.05, 0) is 23.6 Å². The third kappa shape index (κ3) is 4.50. The van der Waals surface area contributed by atoms with Crippen LogP contribution in [0.1, 0.15) is 23.6 Å². The van der Waals surface area contributed by atoms with Crippen molar-refractivity contribution in [1.82, 2.24) is 9.80 Å². The predicted octanol–water partition coefficient (Wildman–Crippen LogP) is 5.28. The van der Waals surface area contributed by atoms with E-state index in [-0.39, 0.29) is 5.54 Å². The van der Waals surface area contributed by atoms with E-state index in [2.05, 4.69) is 120 Å². The van der Waals surface area contributed by atoms with Crippen LogP contribution in [-0.4, -0.2) is 42.5 Å². The summed E-state index contributed by atoms with van der Waals surface area (Å²) in [5, 5.41) is 0. The van der Waals surface area contributed by atoms with Gasteiger partial charge < -0.3 is 0 Å². The summed E-state index contributed by atoms with van der Waals surface area (Å²) in [5.74, 6) is 0. The maximum Gasteiger partial charge on any atom is 0.0687 e.